The molecule has 1 fully saturated rings. The monoisotopic (exact) mass is 359 g/mol. The average molecular weight is 360 g/mol. The lowest BCUT2D eigenvalue weighted by Gasteiger charge is -2.34. The molecule has 0 radical (unpaired) electrons. The van der Waals surface area contributed by atoms with E-state index in [1.54, 1.807) is 11.3 Å². The van der Waals surface area contributed by atoms with Gasteiger partial charge in [-0.05, 0) is 61.9 Å². The van der Waals surface area contributed by atoms with E-state index in [-0.39, 0.29) is 6.04 Å². The van der Waals surface area contributed by atoms with Crippen LogP contribution in [0.15, 0.2) is 15.9 Å². The van der Waals surface area contributed by atoms with Crippen molar-refractivity contribution >= 4 is 27.3 Å². The zero-order valence-electron chi connectivity index (χ0n) is 12.7. The van der Waals surface area contributed by atoms with Crippen molar-refractivity contribution < 1.29 is 0 Å². The number of likely N-dealkylation sites (N-methyl/N-ethyl adjacent to an activating group) is 2. The number of nitrogens with two attached hydrogens (primary N) is 1. The van der Waals surface area contributed by atoms with Gasteiger partial charge in [0, 0.05) is 33.4 Å². The van der Waals surface area contributed by atoms with Crippen molar-refractivity contribution in [3.05, 3.63) is 20.8 Å². The standard InChI is InChI=1S/C15H26BrN3S/c1-4-13(17)15(14-8-11(16)10-20-14)19(3)9-12-6-5-7-18(12)2/h8,10,12-13,15H,4-7,9,17H2,1-3H3. The van der Waals surface area contributed by atoms with E-state index in [0.29, 0.717) is 12.1 Å². The number of nitrogens with zero attached hydrogens (tertiary/aromatic N) is 2. The molecule has 1 aliphatic heterocycles. The van der Waals surface area contributed by atoms with E-state index in [0.717, 1.165) is 17.4 Å². The zero-order chi connectivity index (χ0) is 14.7. The SMILES string of the molecule is CCC(N)C(c1cc(Br)cs1)N(C)CC1CCCN1C. The molecular weight excluding hydrogens is 334 g/mol. The smallest absolute Gasteiger partial charge is 0.0591 e. The van der Waals surface area contributed by atoms with Gasteiger partial charge in [-0.3, -0.25) is 4.90 Å². The molecule has 0 amide bonds. The minimum atomic E-state index is 0.192. The van der Waals surface area contributed by atoms with Gasteiger partial charge in [0.1, 0.15) is 0 Å². The van der Waals surface area contributed by atoms with Crippen LogP contribution in [0.5, 0.6) is 0 Å². The maximum Gasteiger partial charge on any atom is 0.0591 e. The summed E-state index contributed by atoms with van der Waals surface area (Å²) in [4.78, 5) is 6.31. The molecule has 3 nitrogen and oxygen atoms in total. The fourth-order valence-electron chi connectivity index (χ4n) is 3.12. The second kappa shape index (κ2) is 7.36. The normalized spacial score (nSPS) is 23.4. The van der Waals surface area contributed by atoms with Crippen molar-refractivity contribution in [2.45, 2.75) is 44.3 Å². The van der Waals surface area contributed by atoms with Crippen molar-refractivity contribution in [3.63, 3.8) is 0 Å². The van der Waals surface area contributed by atoms with Crippen molar-refractivity contribution in [3.8, 4) is 0 Å². The molecule has 5 heteroatoms. The third-order valence-electron chi connectivity index (χ3n) is 4.40. The zero-order valence-corrected chi connectivity index (χ0v) is 15.1. The molecule has 1 saturated heterocycles. The fraction of sp³-hybridized carbons (Fsp3) is 0.733. The quantitative estimate of drug-likeness (QED) is 0.845. The van der Waals surface area contributed by atoms with Gasteiger partial charge >= 0.3 is 0 Å². The van der Waals surface area contributed by atoms with Crippen molar-refractivity contribution in [1.82, 2.24) is 9.80 Å². The summed E-state index contributed by atoms with van der Waals surface area (Å²) in [6.45, 7) is 4.51. The third-order valence-corrected chi connectivity index (χ3v) is 6.17. The lowest BCUT2D eigenvalue weighted by molar-refractivity contribution is 0.159. The first-order valence-corrected chi connectivity index (χ1v) is 9.10. The van der Waals surface area contributed by atoms with E-state index in [4.69, 9.17) is 5.73 Å². The summed E-state index contributed by atoms with van der Waals surface area (Å²) in [5, 5.41) is 2.15. The van der Waals surface area contributed by atoms with Crippen LogP contribution in [0.4, 0.5) is 0 Å². The van der Waals surface area contributed by atoms with Gasteiger partial charge in [0.05, 0.1) is 6.04 Å². The Morgan fingerprint density at radius 3 is 2.85 bits per heavy atom. The van der Waals surface area contributed by atoms with Gasteiger partial charge in [0.25, 0.3) is 0 Å². The van der Waals surface area contributed by atoms with Crippen LogP contribution in [-0.4, -0.2) is 49.1 Å². The van der Waals surface area contributed by atoms with Crippen LogP contribution >= 0.6 is 27.3 Å². The molecule has 20 heavy (non-hydrogen) atoms. The summed E-state index contributed by atoms with van der Waals surface area (Å²) in [6.07, 6.45) is 3.64. The average Bonchev–Trinajstić information content (AvgIpc) is 2.99. The van der Waals surface area contributed by atoms with E-state index in [2.05, 4.69) is 58.2 Å². The van der Waals surface area contributed by atoms with Crippen LogP contribution in [0.25, 0.3) is 0 Å². The predicted molar refractivity (Wildman–Crippen MR) is 91.3 cm³/mol. The third kappa shape index (κ3) is 3.83. The van der Waals surface area contributed by atoms with Gasteiger partial charge in [-0.1, -0.05) is 6.92 Å². The molecule has 2 rings (SSSR count). The molecule has 3 atom stereocenters. The minimum absolute atomic E-state index is 0.192. The number of likely N-dealkylation sites (tertiary alicyclic amines) is 1. The molecule has 114 valence electrons. The molecule has 0 aromatic carbocycles. The van der Waals surface area contributed by atoms with Gasteiger partial charge in [0.15, 0.2) is 0 Å². The molecule has 2 heterocycles. The maximum absolute atomic E-state index is 6.40. The van der Waals surface area contributed by atoms with E-state index < -0.39 is 0 Å². The first-order valence-electron chi connectivity index (χ1n) is 7.43. The Morgan fingerprint density at radius 1 is 1.60 bits per heavy atom. The van der Waals surface area contributed by atoms with E-state index in [1.165, 1.54) is 24.3 Å². The molecule has 0 spiro atoms. The van der Waals surface area contributed by atoms with E-state index >= 15 is 0 Å². The van der Waals surface area contributed by atoms with Gasteiger partial charge in [-0.2, -0.15) is 0 Å². The largest absolute Gasteiger partial charge is 0.326 e. The Bertz CT molecular complexity index is 423. The molecule has 1 aromatic heterocycles. The van der Waals surface area contributed by atoms with Crippen LogP contribution in [-0.2, 0) is 0 Å². The van der Waals surface area contributed by atoms with Crippen LogP contribution in [0.3, 0.4) is 0 Å². The van der Waals surface area contributed by atoms with E-state index in [1.807, 2.05) is 0 Å². The van der Waals surface area contributed by atoms with Gasteiger partial charge in [0.2, 0.25) is 0 Å². The van der Waals surface area contributed by atoms with Crippen LogP contribution < -0.4 is 5.73 Å². The molecule has 1 aliphatic rings. The molecule has 2 N–H and O–H groups in total. The second-order valence-corrected chi connectivity index (χ2v) is 7.76. The minimum Gasteiger partial charge on any atom is -0.326 e. The Balaban J connectivity index is 2.09. The summed E-state index contributed by atoms with van der Waals surface area (Å²) in [6, 6.07) is 3.41. The summed E-state index contributed by atoms with van der Waals surface area (Å²) in [5.41, 5.74) is 6.40. The predicted octanol–water partition coefficient (Wildman–Crippen LogP) is 3.32. The fourth-order valence-corrected chi connectivity index (χ4v) is 4.80. The highest BCUT2D eigenvalue weighted by Gasteiger charge is 2.29. The summed E-state index contributed by atoms with van der Waals surface area (Å²) in [7, 11) is 4.46. The molecule has 0 aliphatic carbocycles. The second-order valence-electron chi connectivity index (χ2n) is 5.90. The van der Waals surface area contributed by atoms with Gasteiger partial charge < -0.3 is 10.6 Å². The molecular formula is C15H26BrN3S. The topological polar surface area (TPSA) is 32.5 Å². The molecule has 1 aromatic rings. The number of thiophene rings is 1. The highest BCUT2D eigenvalue weighted by molar-refractivity contribution is 9.10. The highest BCUT2D eigenvalue weighted by atomic mass is 79.9. The van der Waals surface area contributed by atoms with Crippen molar-refractivity contribution in [2.75, 3.05) is 27.2 Å². The first-order chi connectivity index (χ1) is 9.52. The number of hydrogen-bond acceptors (Lipinski definition) is 4. The maximum atomic E-state index is 6.40. The van der Waals surface area contributed by atoms with Gasteiger partial charge in [-0.15, -0.1) is 11.3 Å². The van der Waals surface area contributed by atoms with Crippen molar-refractivity contribution in [2.24, 2.45) is 5.73 Å². The highest BCUT2D eigenvalue weighted by Crippen LogP contribution is 2.32. The van der Waals surface area contributed by atoms with Crippen molar-refractivity contribution in [1.29, 1.82) is 0 Å². The van der Waals surface area contributed by atoms with E-state index in [9.17, 15) is 0 Å². The van der Waals surface area contributed by atoms with Gasteiger partial charge in [-0.25, -0.2) is 0 Å². The number of rotatable bonds is 6. The van der Waals surface area contributed by atoms with Crippen LogP contribution in [0.2, 0.25) is 0 Å². The Morgan fingerprint density at radius 2 is 2.35 bits per heavy atom. The Labute approximate surface area is 135 Å². The molecule has 3 unspecified atom stereocenters. The molecule has 0 saturated carbocycles. The summed E-state index contributed by atoms with van der Waals surface area (Å²) < 4.78 is 1.16. The van der Waals surface area contributed by atoms with Crippen LogP contribution in [0.1, 0.15) is 37.1 Å². The summed E-state index contributed by atoms with van der Waals surface area (Å²) >= 11 is 5.37. The number of hydrogen-bond donors (Lipinski definition) is 1. The number of halogens is 1. The Hall–Kier alpha value is 0.0600. The lowest BCUT2D eigenvalue weighted by atomic mass is 10.0. The Kier molecular flexibility index (Phi) is 6.05. The first kappa shape index (κ1) is 16.4. The summed E-state index contributed by atoms with van der Waals surface area (Å²) in [5.74, 6) is 0. The molecule has 0 bridgehead atoms. The van der Waals surface area contributed by atoms with Crippen LogP contribution in [0, 0.1) is 0 Å². The lowest BCUT2D eigenvalue weighted by Crippen LogP contribution is -2.44.